The van der Waals surface area contributed by atoms with E-state index >= 15 is 0 Å². The second-order valence-corrected chi connectivity index (χ2v) is 4.83. The number of rotatable bonds is 0. The van der Waals surface area contributed by atoms with Gasteiger partial charge in [0, 0.05) is 45.1 Å². The summed E-state index contributed by atoms with van der Waals surface area (Å²) in [5.41, 5.74) is 1.97. The summed E-state index contributed by atoms with van der Waals surface area (Å²) < 4.78 is 16.2. The molecule has 18 heavy (non-hydrogen) atoms. The molecule has 0 heterocycles. The van der Waals surface area contributed by atoms with Gasteiger partial charge in [-0.2, -0.15) is 0 Å². The van der Waals surface area contributed by atoms with Crippen LogP contribution in [0.5, 0.6) is 0 Å². The fraction of sp³-hybridized carbons (Fsp3) is 0.429. The van der Waals surface area contributed by atoms with Crippen LogP contribution in [0.2, 0.25) is 0 Å². The minimum absolute atomic E-state index is 0.152. The molecule has 0 aromatic heterocycles. The second kappa shape index (κ2) is 4.12. The SMILES string of the molecule is [2H][C@H]1C(=O)[C@H]([2H])[C@H]2CC(=[N+]([O-])O)C[C@@H]1c1ccccc12. The van der Waals surface area contributed by atoms with Gasteiger partial charge in [0.15, 0.2) is 0 Å². The van der Waals surface area contributed by atoms with Crippen LogP contribution in [0.25, 0.3) is 0 Å². The first-order valence-electron chi connectivity index (χ1n) is 7.14. The Labute approximate surface area is 108 Å². The quantitative estimate of drug-likeness (QED) is 0.435. The maximum atomic E-state index is 12.2. The van der Waals surface area contributed by atoms with Gasteiger partial charge in [-0.05, 0) is 11.1 Å². The summed E-state index contributed by atoms with van der Waals surface area (Å²) in [6, 6.07) is 7.39. The lowest BCUT2D eigenvalue weighted by molar-refractivity contribution is -0.727. The van der Waals surface area contributed by atoms with Crippen LogP contribution in [0.3, 0.4) is 0 Å². The number of carbonyl (C=O) groups excluding carboxylic acids is 1. The van der Waals surface area contributed by atoms with Crippen LogP contribution in [0.4, 0.5) is 0 Å². The van der Waals surface area contributed by atoms with Crippen LogP contribution in [0, 0.1) is 5.21 Å². The van der Waals surface area contributed by atoms with Crippen molar-refractivity contribution in [1.29, 1.82) is 0 Å². The highest BCUT2D eigenvalue weighted by Crippen LogP contribution is 2.42. The third-order valence-electron chi connectivity index (χ3n) is 3.71. The van der Waals surface area contributed by atoms with E-state index in [-0.39, 0.29) is 23.5 Å². The molecule has 0 saturated carbocycles. The van der Waals surface area contributed by atoms with E-state index in [4.69, 9.17) is 2.74 Å². The number of hydrogen-bond acceptors (Lipinski definition) is 3. The topological polar surface area (TPSA) is 63.4 Å². The van der Waals surface area contributed by atoms with Crippen molar-refractivity contribution in [1.82, 2.24) is 0 Å². The minimum atomic E-state index is -1.06. The van der Waals surface area contributed by atoms with Crippen LogP contribution in [-0.2, 0) is 4.79 Å². The molecule has 4 atom stereocenters. The van der Waals surface area contributed by atoms with Crippen molar-refractivity contribution in [2.24, 2.45) is 0 Å². The van der Waals surface area contributed by atoms with E-state index in [0.29, 0.717) is 0 Å². The van der Waals surface area contributed by atoms with Gasteiger partial charge in [0.2, 0.25) is 5.71 Å². The summed E-state index contributed by atoms with van der Waals surface area (Å²) >= 11 is 0. The smallest absolute Gasteiger partial charge is 0.222 e. The zero-order valence-corrected chi connectivity index (χ0v) is 9.74. The van der Waals surface area contributed by atoms with Crippen molar-refractivity contribution in [3.05, 3.63) is 40.6 Å². The van der Waals surface area contributed by atoms with E-state index in [0.717, 1.165) is 11.1 Å². The van der Waals surface area contributed by atoms with Gasteiger partial charge in [0.05, 0.1) is 0 Å². The first kappa shape index (κ1) is 9.14. The fourth-order valence-corrected chi connectivity index (χ4v) is 2.90. The summed E-state index contributed by atoms with van der Waals surface area (Å²) in [5, 5.41) is 20.5. The molecule has 4 heteroatoms. The largest absolute Gasteiger partial charge is 0.418 e. The molecule has 2 aliphatic carbocycles. The Kier molecular flexibility index (Phi) is 2.09. The highest BCUT2D eigenvalue weighted by molar-refractivity contribution is 5.88. The lowest BCUT2D eigenvalue weighted by Gasteiger charge is -2.14. The van der Waals surface area contributed by atoms with E-state index in [1.165, 1.54) is 0 Å². The second-order valence-electron chi connectivity index (χ2n) is 4.83. The van der Waals surface area contributed by atoms with Crippen LogP contribution in [0.15, 0.2) is 24.3 Å². The lowest BCUT2D eigenvalue weighted by Crippen LogP contribution is -2.21. The van der Waals surface area contributed by atoms with E-state index in [1.807, 2.05) is 24.3 Å². The third kappa shape index (κ3) is 1.78. The van der Waals surface area contributed by atoms with Gasteiger partial charge in [0.1, 0.15) is 5.78 Å². The summed E-state index contributed by atoms with van der Waals surface area (Å²) in [7, 11) is 0. The molecular formula is C14H15NO3. The molecule has 2 aliphatic rings. The number of hydrogen-bond donors (Lipinski definition) is 1. The summed E-state index contributed by atoms with van der Waals surface area (Å²) in [6.07, 6.45) is -1.72. The Balaban J connectivity index is 2.23. The molecule has 1 aromatic rings. The standard InChI is InChI=1S/C14H15NO3/c16-12-7-9-5-11(15(17)18)6-10(8-12)14-4-2-1-3-13(9)14/h1-4,9-10H,5-8H2,(H,17,18)/t9-,10+/i7D,8D/t7-,8-,9-,10+/m1/s1. The molecule has 4 nitrogen and oxygen atoms in total. The number of ketones is 1. The number of Topliss-reactive ketones (excluding diaryl/α,β-unsaturated/α-hetero) is 1. The molecule has 1 N–H and O–H groups in total. The number of nitrogens with zero attached hydrogens (tertiary/aromatic N) is 1. The van der Waals surface area contributed by atoms with Gasteiger partial charge in [-0.15, -0.1) is 0 Å². The number of carbonyl (C=O) groups is 1. The van der Waals surface area contributed by atoms with E-state index in [1.54, 1.807) is 0 Å². The Morgan fingerprint density at radius 3 is 2.17 bits per heavy atom. The zero-order valence-electron chi connectivity index (χ0n) is 11.7. The Morgan fingerprint density at radius 1 is 1.22 bits per heavy atom. The average Bonchev–Trinajstić information content (AvgIpc) is 2.65. The maximum Gasteiger partial charge on any atom is 0.222 e. The first-order valence-corrected chi connectivity index (χ1v) is 5.98. The molecule has 0 amide bonds. The Bertz CT molecular complexity index is 555. The molecule has 3 rings (SSSR count). The van der Waals surface area contributed by atoms with E-state index in [2.05, 4.69) is 0 Å². The summed E-state index contributed by atoms with van der Waals surface area (Å²) in [5.74, 6) is -1.32. The first-order chi connectivity index (χ1) is 9.50. The predicted octanol–water partition coefficient (Wildman–Crippen LogP) is 2.35. The lowest BCUT2D eigenvalue weighted by atomic mass is 9.88. The highest BCUT2D eigenvalue weighted by atomic mass is 16.8. The van der Waals surface area contributed by atoms with E-state index in [9.17, 15) is 15.2 Å². The van der Waals surface area contributed by atoms with Crippen molar-refractivity contribution < 1.29 is 17.6 Å². The molecule has 0 spiro atoms. The number of benzene rings is 1. The van der Waals surface area contributed by atoms with Gasteiger partial charge in [0.25, 0.3) is 0 Å². The fourth-order valence-electron chi connectivity index (χ4n) is 2.90. The van der Waals surface area contributed by atoms with Gasteiger partial charge >= 0.3 is 0 Å². The zero-order chi connectivity index (χ0) is 14.4. The average molecular weight is 247 g/mol. The van der Waals surface area contributed by atoms with Crippen LogP contribution in [-0.4, -0.2) is 21.6 Å². The Hall–Kier alpha value is -1.84. The summed E-state index contributed by atoms with van der Waals surface area (Å²) in [4.78, 5) is 12.0. The van der Waals surface area contributed by atoms with Crippen molar-refractivity contribution in [3.63, 3.8) is 0 Å². The molecule has 1 aromatic carbocycles. The van der Waals surface area contributed by atoms with Gasteiger partial charge in [-0.25, -0.2) is 0 Å². The third-order valence-corrected chi connectivity index (χ3v) is 3.71. The molecule has 0 radical (unpaired) electrons. The van der Waals surface area contributed by atoms with E-state index < -0.39 is 30.4 Å². The van der Waals surface area contributed by atoms with Crippen LogP contribution in [0.1, 0.15) is 51.3 Å². The maximum absolute atomic E-state index is 12.2. The van der Waals surface area contributed by atoms with Crippen LogP contribution >= 0.6 is 0 Å². The Morgan fingerprint density at radius 2 is 1.72 bits per heavy atom. The minimum Gasteiger partial charge on any atom is -0.418 e. The predicted molar refractivity (Wildman–Crippen MR) is 65.8 cm³/mol. The van der Waals surface area contributed by atoms with Crippen molar-refractivity contribution >= 4 is 11.5 Å². The summed E-state index contributed by atoms with van der Waals surface area (Å²) in [6.45, 7) is 0. The molecule has 0 fully saturated rings. The van der Waals surface area contributed by atoms with Crippen molar-refractivity contribution in [3.8, 4) is 0 Å². The normalized spacial score (nSPS) is 39.2. The van der Waals surface area contributed by atoms with Gasteiger partial charge in [-0.3, -0.25) is 10.0 Å². The van der Waals surface area contributed by atoms with Crippen molar-refractivity contribution in [2.75, 3.05) is 0 Å². The molecule has 0 unspecified atom stereocenters. The van der Waals surface area contributed by atoms with Crippen LogP contribution < -0.4 is 0 Å². The van der Waals surface area contributed by atoms with Gasteiger partial charge in [-0.1, -0.05) is 24.3 Å². The highest BCUT2D eigenvalue weighted by Gasteiger charge is 2.37. The monoisotopic (exact) mass is 247 g/mol. The molecule has 0 saturated heterocycles. The molecule has 0 aliphatic heterocycles. The van der Waals surface area contributed by atoms with Gasteiger partial charge < -0.3 is 5.21 Å². The molecule has 94 valence electrons. The molecular weight excluding hydrogens is 230 g/mol. The molecule has 2 bridgehead atoms. The van der Waals surface area contributed by atoms with Crippen molar-refractivity contribution in [2.45, 2.75) is 37.5 Å².